The molecule has 1 aromatic heterocycles. The number of nitrogens with zero attached hydrogens (tertiary/aromatic N) is 7. The van der Waals surface area contributed by atoms with Gasteiger partial charge in [-0.1, -0.05) is 58.5 Å². The molecular formula is C41H47N8O2S2+. The van der Waals surface area contributed by atoms with Crippen molar-refractivity contribution in [2.45, 2.75) is 6.54 Å². The molecule has 53 heavy (non-hydrogen) atoms. The number of nitrogens with one attached hydrogen (secondary N) is 1. The van der Waals surface area contributed by atoms with E-state index in [4.69, 9.17) is 0 Å². The zero-order chi connectivity index (χ0) is 37.3. The van der Waals surface area contributed by atoms with Crippen LogP contribution in [0.5, 0.6) is 0 Å². The molecular weight excluding hydrogens is 701 g/mol. The maximum absolute atomic E-state index is 9.39. The molecule has 0 amide bonds. The molecule has 0 aliphatic carbocycles. The van der Waals surface area contributed by atoms with Gasteiger partial charge in [0.2, 0.25) is 5.52 Å². The molecule has 12 heteroatoms. The average molecular weight is 748 g/mol. The van der Waals surface area contributed by atoms with Gasteiger partial charge in [0.05, 0.1) is 34.7 Å². The number of fused-ring (bicyclic) bond motifs is 1. The minimum atomic E-state index is 0.0438. The van der Waals surface area contributed by atoms with Crippen molar-refractivity contribution in [3.8, 4) is 0 Å². The zero-order valence-electron chi connectivity index (χ0n) is 30.3. The van der Waals surface area contributed by atoms with Gasteiger partial charge in [-0.2, -0.15) is 14.8 Å². The molecule has 1 heterocycles. The maximum Gasteiger partial charge on any atom is 0.214 e. The molecule has 0 fully saturated rings. The van der Waals surface area contributed by atoms with E-state index in [-0.39, 0.29) is 13.2 Å². The van der Waals surface area contributed by atoms with Crippen molar-refractivity contribution in [2.24, 2.45) is 20.5 Å². The van der Waals surface area contributed by atoms with Gasteiger partial charge >= 0.3 is 0 Å². The highest BCUT2D eigenvalue weighted by atomic mass is 33.1. The lowest BCUT2D eigenvalue weighted by Gasteiger charge is -2.20. The normalized spacial score (nSPS) is 11.6. The third-order valence-electron chi connectivity index (χ3n) is 8.38. The van der Waals surface area contributed by atoms with Gasteiger partial charge in [0.25, 0.3) is 0 Å². The molecule has 0 radical (unpaired) electrons. The lowest BCUT2D eigenvalue weighted by Crippen LogP contribution is -2.35. The molecule has 0 spiro atoms. The third kappa shape index (κ3) is 11.5. The summed E-state index contributed by atoms with van der Waals surface area (Å²) in [7, 11) is 8.00. The van der Waals surface area contributed by atoms with Gasteiger partial charge in [0, 0.05) is 80.0 Å². The topological polar surface area (TPSA) is 112 Å². The molecule has 5 rings (SSSR count). The Balaban J connectivity index is 1.04. The Morgan fingerprint density at radius 3 is 1.92 bits per heavy atom. The Labute approximate surface area is 320 Å². The Kier molecular flexibility index (Phi) is 15.4. The first-order valence-electron chi connectivity index (χ1n) is 17.5. The molecule has 0 aliphatic heterocycles. The molecule has 10 nitrogen and oxygen atoms in total. The number of allylic oxidation sites excluding steroid dienone is 2. The fourth-order valence-corrected chi connectivity index (χ4v) is 7.58. The number of aromatic nitrogens is 1. The molecule has 0 unspecified atom stereocenters. The highest BCUT2D eigenvalue weighted by Crippen LogP contribution is 2.31. The van der Waals surface area contributed by atoms with E-state index in [2.05, 4.69) is 80.5 Å². The summed E-state index contributed by atoms with van der Waals surface area (Å²) in [6, 6.07) is 32.0. The number of pyridine rings is 1. The number of rotatable bonds is 20. The van der Waals surface area contributed by atoms with Gasteiger partial charge in [-0.3, -0.25) is 0 Å². The summed E-state index contributed by atoms with van der Waals surface area (Å²) in [5, 5.41) is 40.9. The van der Waals surface area contributed by atoms with E-state index in [9.17, 15) is 10.2 Å². The second-order valence-corrected chi connectivity index (χ2v) is 14.7. The minimum Gasteiger partial charge on any atom is -0.395 e. The van der Waals surface area contributed by atoms with E-state index < -0.39 is 0 Å². The van der Waals surface area contributed by atoms with E-state index in [0.717, 1.165) is 80.9 Å². The fraction of sp³-hybridized carbons (Fsp3) is 0.244. The molecule has 0 aliphatic rings. The summed E-state index contributed by atoms with van der Waals surface area (Å²) >= 11 is 0. The van der Waals surface area contributed by atoms with Crippen molar-refractivity contribution in [2.75, 3.05) is 73.6 Å². The van der Waals surface area contributed by atoms with Crippen molar-refractivity contribution in [1.29, 1.82) is 0 Å². The smallest absolute Gasteiger partial charge is 0.214 e. The third-order valence-corrected chi connectivity index (χ3v) is 10.7. The van der Waals surface area contributed by atoms with Crippen molar-refractivity contribution < 1.29 is 14.8 Å². The zero-order valence-corrected chi connectivity index (χ0v) is 31.9. The number of azo groups is 2. The first-order valence-corrected chi connectivity index (χ1v) is 20.0. The molecule has 0 bridgehead atoms. The van der Waals surface area contributed by atoms with Crippen molar-refractivity contribution in [3.05, 3.63) is 128 Å². The van der Waals surface area contributed by atoms with Crippen molar-refractivity contribution in [3.63, 3.8) is 0 Å². The van der Waals surface area contributed by atoms with Crippen LogP contribution in [0.1, 0.15) is 5.56 Å². The minimum absolute atomic E-state index is 0.0438. The van der Waals surface area contributed by atoms with Gasteiger partial charge in [0.1, 0.15) is 6.61 Å². The van der Waals surface area contributed by atoms with Crippen LogP contribution in [0.3, 0.4) is 0 Å². The number of aliphatic hydroxyl groups is 2. The lowest BCUT2D eigenvalue weighted by molar-refractivity contribution is -0.672. The van der Waals surface area contributed by atoms with E-state index in [1.165, 1.54) is 0 Å². The largest absolute Gasteiger partial charge is 0.395 e. The molecule has 4 aromatic carbocycles. The van der Waals surface area contributed by atoms with Crippen LogP contribution in [0.2, 0.25) is 0 Å². The highest BCUT2D eigenvalue weighted by Gasteiger charge is 2.11. The highest BCUT2D eigenvalue weighted by molar-refractivity contribution is 8.76. The van der Waals surface area contributed by atoms with Crippen LogP contribution in [0.25, 0.3) is 17.0 Å². The second kappa shape index (κ2) is 20.9. The van der Waals surface area contributed by atoms with Gasteiger partial charge in [-0.05, 0) is 72.8 Å². The van der Waals surface area contributed by atoms with Gasteiger partial charge in [-0.15, -0.1) is 10.2 Å². The average Bonchev–Trinajstić information content (AvgIpc) is 3.19. The first-order chi connectivity index (χ1) is 26.0. The fourth-order valence-electron chi connectivity index (χ4n) is 5.50. The number of hydrogen-bond donors (Lipinski definition) is 3. The van der Waals surface area contributed by atoms with Gasteiger partial charge in [0.15, 0.2) is 12.7 Å². The number of aliphatic hydroxyl groups excluding tert-OH is 2. The molecule has 5 aromatic rings. The summed E-state index contributed by atoms with van der Waals surface area (Å²) < 4.78 is 2.02. The van der Waals surface area contributed by atoms with Crippen LogP contribution >= 0.6 is 21.6 Å². The summed E-state index contributed by atoms with van der Waals surface area (Å²) in [6.07, 6.45) is 7.48. The maximum atomic E-state index is 9.39. The second-order valence-electron chi connectivity index (χ2n) is 12.0. The Morgan fingerprint density at radius 2 is 1.32 bits per heavy atom. The monoisotopic (exact) mass is 747 g/mol. The predicted octanol–water partition coefficient (Wildman–Crippen LogP) is 9.51. The van der Waals surface area contributed by atoms with Gasteiger partial charge in [-0.25, -0.2) is 0 Å². The van der Waals surface area contributed by atoms with E-state index in [1.807, 2.05) is 117 Å². The lowest BCUT2D eigenvalue weighted by atomic mass is 10.1. The van der Waals surface area contributed by atoms with Crippen LogP contribution in [-0.4, -0.2) is 68.7 Å². The van der Waals surface area contributed by atoms with Crippen LogP contribution in [-0.2, 0) is 6.54 Å². The summed E-state index contributed by atoms with van der Waals surface area (Å²) in [6.45, 7) is 6.74. The molecule has 274 valence electrons. The Hall–Kier alpha value is -5.01. The Bertz CT molecular complexity index is 2000. The van der Waals surface area contributed by atoms with E-state index in [0.29, 0.717) is 13.1 Å². The standard InChI is InChI=1S/C41H47N8O2S2/c1-4-5-9-36-38(42-23-28-50)11-6-12-39(36)45-43-32-15-19-34(20-16-32)47(2)26-30-52-53-31-27-48(3)35-21-17-33(18-22-35)44-46-40-13-7-14-41-37(40)10-8-24-49(41)25-29-51/h4-22,24,42,50-51H,1,23,25-31H2,2-3H3/q+1/b9-5-,45-43?. The first kappa shape index (κ1) is 39.2. The molecule has 0 saturated carbocycles. The number of benzene rings is 4. The van der Waals surface area contributed by atoms with Crippen molar-refractivity contribution >= 4 is 78.4 Å². The number of anilines is 3. The van der Waals surface area contributed by atoms with E-state index >= 15 is 0 Å². The summed E-state index contributed by atoms with van der Waals surface area (Å²) in [5.74, 6) is 2.01. The summed E-state index contributed by atoms with van der Waals surface area (Å²) in [4.78, 5) is 4.51. The van der Waals surface area contributed by atoms with Crippen LogP contribution in [0, 0.1) is 0 Å². The van der Waals surface area contributed by atoms with Crippen LogP contribution in [0.4, 0.5) is 39.8 Å². The van der Waals surface area contributed by atoms with Crippen LogP contribution < -0.4 is 19.7 Å². The predicted molar refractivity (Wildman–Crippen MR) is 225 cm³/mol. The van der Waals surface area contributed by atoms with E-state index in [1.54, 1.807) is 6.08 Å². The molecule has 3 N–H and O–H groups in total. The molecule has 0 atom stereocenters. The van der Waals surface area contributed by atoms with Gasteiger partial charge < -0.3 is 25.3 Å². The summed E-state index contributed by atoms with van der Waals surface area (Å²) in [5.41, 5.74) is 8.16. The van der Waals surface area contributed by atoms with Crippen LogP contribution in [0.15, 0.2) is 142 Å². The Morgan fingerprint density at radius 1 is 0.717 bits per heavy atom. The SMILES string of the molecule is C=C/C=C\c1c(N=Nc2ccc(N(C)CCSSCCN(C)c3ccc(N=Nc4cccc5c4ccc[n+]5CCO)cc3)cc2)cccc1NCCO. The molecule has 0 saturated heterocycles. The quantitative estimate of drug-likeness (QED) is 0.0239. The number of hydrogen-bond acceptors (Lipinski definition) is 11. The van der Waals surface area contributed by atoms with Crippen molar-refractivity contribution in [1.82, 2.24) is 0 Å².